The van der Waals surface area contributed by atoms with Crippen LogP contribution in [0.1, 0.15) is 32.1 Å². The summed E-state index contributed by atoms with van der Waals surface area (Å²) in [6.07, 6.45) is -8.79. The molecule has 3 rings (SSSR count). The highest BCUT2D eigenvalue weighted by Gasteiger charge is 2.53. The van der Waals surface area contributed by atoms with Crippen molar-refractivity contribution in [3.8, 4) is 0 Å². The molecule has 2 heterocycles. The van der Waals surface area contributed by atoms with E-state index in [0.29, 0.717) is 12.8 Å². The zero-order valence-corrected chi connectivity index (χ0v) is 18.7. The molecule has 1 saturated carbocycles. The minimum atomic E-state index is -5.12. The lowest BCUT2D eigenvalue weighted by Gasteiger charge is -2.34. The van der Waals surface area contributed by atoms with E-state index in [9.17, 15) is 50.3 Å². The molecular weight excluding hydrogens is 506 g/mol. The number of hydrogen-bond acceptors (Lipinski definition) is 6. The molecular formula is C20H24F6N4O6. The number of nitrogens with zero attached hydrogens (tertiary/aromatic N) is 1. The first-order valence-corrected chi connectivity index (χ1v) is 11.1. The standard InChI is InChI=1S/C20H24F6N4O6/c21-19(22,23)8-28-17(34)18(35)30-11-2-1-9(5-11)14(30)16(33)29-12(6-10-3-4-27-15(10)32)13(31)7-36-20(24,25)26/h9-12,14H,1-8H2,(H,27,32)(H,28,34)(H,29,33)/t9-,10-,11+,12?,14-/m0/s1. The lowest BCUT2D eigenvalue weighted by Crippen LogP contribution is -2.58. The molecule has 0 aromatic carbocycles. The molecule has 4 amide bonds. The van der Waals surface area contributed by atoms with Crippen LogP contribution in [0.4, 0.5) is 26.3 Å². The second-order valence-corrected chi connectivity index (χ2v) is 8.96. The van der Waals surface area contributed by atoms with Crippen molar-refractivity contribution in [1.82, 2.24) is 20.9 Å². The van der Waals surface area contributed by atoms with Gasteiger partial charge in [-0.1, -0.05) is 0 Å². The number of alkyl halides is 6. The Kier molecular flexibility index (Phi) is 8.15. The number of rotatable bonds is 8. The van der Waals surface area contributed by atoms with Crippen LogP contribution in [0.2, 0.25) is 0 Å². The van der Waals surface area contributed by atoms with E-state index in [1.165, 1.54) is 5.32 Å². The van der Waals surface area contributed by atoms with Gasteiger partial charge in [0, 0.05) is 18.5 Å². The van der Waals surface area contributed by atoms with Gasteiger partial charge in [-0.2, -0.15) is 13.2 Å². The fourth-order valence-corrected chi connectivity index (χ4v) is 4.93. The molecule has 10 nitrogen and oxygen atoms in total. The summed E-state index contributed by atoms with van der Waals surface area (Å²) in [6.45, 7) is -2.91. The van der Waals surface area contributed by atoms with Crippen molar-refractivity contribution in [2.24, 2.45) is 11.8 Å². The molecule has 16 heteroatoms. The molecule has 3 aliphatic rings. The third-order valence-electron chi connectivity index (χ3n) is 6.50. The summed E-state index contributed by atoms with van der Waals surface area (Å²) >= 11 is 0. The van der Waals surface area contributed by atoms with Crippen LogP contribution in [0.25, 0.3) is 0 Å². The number of carbonyl (C=O) groups is 5. The first kappa shape index (κ1) is 27.7. The zero-order valence-electron chi connectivity index (χ0n) is 18.7. The summed E-state index contributed by atoms with van der Waals surface area (Å²) in [5, 5.41) is 6.24. The number of amides is 4. The first-order valence-electron chi connectivity index (χ1n) is 11.1. The quantitative estimate of drug-likeness (QED) is 0.303. The lowest BCUT2D eigenvalue weighted by atomic mass is 9.93. The van der Waals surface area contributed by atoms with Crippen molar-refractivity contribution in [2.75, 3.05) is 19.7 Å². The Balaban J connectivity index is 1.73. The predicted molar refractivity (Wildman–Crippen MR) is 106 cm³/mol. The molecule has 0 aromatic rings. The number of ether oxygens (including phenoxy) is 1. The summed E-state index contributed by atoms with van der Waals surface area (Å²) in [6, 6.07) is -3.48. The maximum absolute atomic E-state index is 13.1. The molecule has 1 aliphatic carbocycles. The molecule has 0 radical (unpaired) electrons. The van der Waals surface area contributed by atoms with Gasteiger partial charge in [0.2, 0.25) is 11.8 Å². The van der Waals surface area contributed by atoms with Gasteiger partial charge in [-0.3, -0.25) is 28.7 Å². The van der Waals surface area contributed by atoms with Gasteiger partial charge in [0.1, 0.15) is 19.2 Å². The number of piperidine rings is 1. The largest absolute Gasteiger partial charge is 0.522 e. The van der Waals surface area contributed by atoms with E-state index in [-0.39, 0.29) is 25.8 Å². The van der Waals surface area contributed by atoms with E-state index in [0.717, 1.165) is 4.90 Å². The summed E-state index contributed by atoms with van der Waals surface area (Å²) in [5.41, 5.74) is 0. The molecule has 2 aliphatic heterocycles. The van der Waals surface area contributed by atoms with E-state index >= 15 is 0 Å². The number of likely N-dealkylation sites (tertiary alicyclic amines) is 1. The van der Waals surface area contributed by atoms with Gasteiger partial charge in [-0.15, -0.1) is 13.2 Å². The van der Waals surface area contributed by atoms with Gasteiger partial charge in [0.15, 0.2) is 5.78 Å². The molecule has 36 heavy (non-hydrogen) atoms. The number of hydrogen-bond donors (Lipinski definition) is 3. The van der Waals surface area contributed by atoms with Crippen LogP contribution < -0.4 is 16.0 Å². The SMILES string of the molecule is O=C(NCC(F)(F)F)C(=O)N1[C@@H]2CC[C@@H](C2)[C@H]1C(=O)NC(C[C@@H]1CCNC1=O)C(=O)COC(F)(F)F. The Morgan fingerprint density at radius 1 is 1.08 bits per heavy atom. The third-order valence-corrected chi connectivity index (χ3v) is 6.50. The van der Waals surface area contributed by atoms with Gasteiger partial charge < -0.3 is 20.9 Å². The molecule has 202 valence electrons. The molecule has 0 aromatic heterocycles. The number of fused-ring (bicyclic) bond motifs is 2. The number of Topliss-reactive ketones (excluding diaryl/α,β-unsaturated/α-hetero) is 1. The average Bonchev–Trinajstić information content (AvgIpc) is 3.50. The number of halogens is 6. The van der Waals surface area contributed by atoms with Crippen molar-refractivity contribution in [1.29, 1.82) is 0 Å². The highest BCUT2D eigenvalue weighted by Crippen LogP contribution is 2.42. The minimum Gasteiger partial charge on any atom is -0.356 e. The Labute approximate surface area is 200 Å². The van der Waals surface area contributed by atoms with Crippen molar-refractivity contribution < 1.29 is 55.1 Å². The maximum atomic E-state index is 13.1. The van der Waals surface area contributed by atoms with E-state index in [4.69, 9.17) is 0 Å². The fraction of sp³-hybridized carbons (Fsp3) is 0.750. The monoisotopic (exact) mass is 530 g/mol. The van der Waals surface area contributed by atoms with E-state index in [2.05, 4.69) is 15.4 Å². The third kappa shape index (κ3) is 6.85. The molecule has 3 fully saturated rings. The molecule has 1 unspecified atom stereocenters. The maximum Gasteiger partial charge on any atom is 0.522 e. The van der Waals surface area contributed by atoms with Gasteiger partial charge in [-0.25, -0.2) is 0 Å². The normalized spacial score (nSPS) is 26.5. The van der Waals surface area contributed by atoms with Gasteiger partial charge >= 0.3 is 24.4 Å². The molecule has 2 saturated heterocycles. The van der Waals surface area contributed by atoms with Crippen molar-refractivity contribution in [3.63, 3.8) is 0 Å². The predicted octanol–water partition coefficient (Wildman–Crippen LogP) is 0.161. The van der Waals surface area contributed by atoms with Crippen LogP contribution in [0, 0.1) is 11.8 Å². The summed E-state index contributed by atoms with van der Waals surface area (Å²) in [5.74, 6) is -6.72. The average molecular weight is 530 g/mol. The van der Waals surface area contributed by atoms with Crippen LogP contribution in [0.3, 0.4) is 0 Å². The topological polar surface area (TPSA) is 134 Å². The van der Waals surface area contributed by atoms with Gasteiger partial charge in [0.05, 0.1) is 6.04 Å². The molecule has 0 spiro atoms. The van der Waals surface area contributed by atoms with Crippen molar-refractivity contribution >= 4 is 29.4 Å². The van der Waals surface area contributed by atoms with E-state index in [1.54, 1.807) is 0 Å². The second-order valence-electron chi connectivity index (χ2n) is 8.96. The van der Waals surface area contributed by atoms with Gasteiger partial charge in [0.25, 0.3) is 0 Å². The van der Waals surface area contributed by atoms with Crippen LogP contribution in [0.5, 0.6) is 0 Å². The highest BCUT2D eigenvalue weighted by atomic mass is 19.4. The van der Waals surface area contributed by atoms with Crippen molar-refractivity contribution in [2.45, 2.75) is 62.8 Å². The van der Waals surface area contributed by atoms with Crippen LogP contribution >= 0.6 is 0 Å². The highest BCUT2D eigenvalue weighted by molar-refractivity contribution is 6.35. The molecule has 2 bridgehead atoms. The zero-order chi connectivity index (χ0) is 26.8. The van der Waals surface area contributed by atoms with E-state index in [1.807, 2.05) is 0 Å². The summed E-state index contributed by atoms with van der Waals surface area (Å²) in [7, 11) is 0. The smallest absolute Gasteiger partial charge is 0.356 e. The number of ketones is 1. The fourth-order valence-electron chi connectivity index (χ4n) is 4.93. The van der Waals surface area contributed by atoms with Crippen molar-refractivity contribution in [3.05, 3.63) is 0 Å². The second kappa shape index (κ2) is 10.6. The van der Waals surface area contributed by atoms with E-state index < -0.39 is 85.1 Å². The lowest BCUT2D eigenvalue weighted by molar-refractivity contribution is -0.321. The van der Waals surface area contributed by atoms with Crippen LogP contribution in [-0.4, -0.2) is 84.7 Å². The summed E-state index contributed by atoms with van der Waals surface area (Å²) < 4.78 is 78.1. The Morgan fingerprint density at radius 2 is 1.78 bits per heavy atom. The minimum absolute atomic E-state index is 0.275. The van der Waals surface area contributed by atoms with Crippen LogP contribution in [0.15, 0.2) is 0 Å². The molecule has 3 N–H and O–H groups in total. The number of nitrogens with one attached hydrogen (secondary N) is 3. The Bertz CT molecular complexity index is 910. The first-order chi connectivity index (χ1) is 16.7. The Morgan fingerprint density at radius 3 is 2.36 bits per heavy atom. The summed E-state index contributed by atoms with van der Waals surface area (Å²) in [4.78, 5) is 63.1. The Hall–Kier alpha value is -2.91. The van der Waals surface area contributed by atoms with Crippen LogP contribution in [-0.2, 0) is 28.7 Å². The molecule has 5 atom stereocenters. The van der Waals surface area contributed by atoms with Gasteiger partial charge in [-0.05, 0) is 38.0 Å². The number of carbonyl (C=O) groups excluding carboxylic acids is 5.